The zero-order chi connectivity index (χ0) is 10.7. The van der Waals surface area contributed by atoms with E-state index in [1.54, 1.807) is 0 Å². The summed E-state index contributed by atoms with van der Waals surface area (Å²) in [7, 11) is 1.92. The Kier molecular flexibility index (Phi) is 2.97. The Balaban J connectivity index is 2.18. The Morgan fingerprint density at radius 1 is 1.33 bits per heavy atom. The van der Waals surface area contributed by atoms with Crippen molar-refractivity contribution in [3.63, 3.8) is 0 Å². The highest BCUT2D eigenvalue weighted by atomic mass is 15.4. The number of nitrogens with zero attached hydrogens (tertiary/aromatic N) is 3. The lowest BCUT2D eigenvalue weighted by molar-refractivity contribution is 0.733. The van der Waals surface area contributed by atoms with E-state index in [1.165, 1.54) is 5.56 Å². The predicted octanol–water partition coefficient (Wildman–Crippen LogP) is 1.25. The smallest absolute Gasteiger partial charge is 0.113 e. The summed E-state index contributed by atoms with van der Waals surface area (Å²) in [6.07, 6.45) is 3.31. The molecular formula is C11H16N4. The first-order chi connectivity index (χ1) is 7.31. The van der Waals surface area contributed by atoms with Crippen molar-refractivity contribution in [2.75, 3.05) is 6.54 Å². The van der Waals surface area contributed by atoms with Crippen molar-refractivity contribution in [2.24, 2.45) is 12.8 Å². The van der Waals surface area contributed by atoms with E-state index in [4.69, 9.17) is 5.73 Å². The first kappa shape index (κ1) is 10.1. The van der Waals surface area contributed by atoms with Crippen LogP contribution in [-0.4, -0.2) is 21.5 Å². The monoisotopic (exact) mass is 204 g/mol. The van der Waals surface area contributed by atoms with E-state index in [0.717, 1.165) is 36.8 Å². The van der Waals surface area contributed by atoms with Gasteiger partial charge < -0.3 is 5.73 Å². The molecule has 80 valence electrons. The van der Waals surface area contributed by atoms with Crippen LogP contribution >= 0.6 is 0 Å². The topological polar surface area (TPSA) is 56.7 Å². The number of benzene rings is 1. The third-order valence-electron chi connectivity index (χ3n) is 2.59. The quantitative estimate of drug-likeness (QED) is 0.762. The van der Waals surface area contributed by atoms with Gasteiger partial charge in [-0.3, -0.25) is 0 Å². The van der Waals surface area contributed by atoms with E-state index in [9.17, 15) is 0 Å². The summed E-state index contributed by atoms with van der Waals surface area (Å²) in [5, 5.41) is 8.03. The molecule has 2 aromatic rings. The molecule has 1 heterocycles. The highest BCUT2D eigenvalue weighted by Crippen LogP contribution is 2.14. The molecular weight excluding hydrogens is 188 g/mol. The largest absolute Gasteiger partial charge is 0.330 e. The number of aromatic nitrogens is 3. The van der Waals surface area contributed by atoms with Gasteiger partial charge in [0.2, 0.25) is 0 Å². The molecule has 2 rings (SSSR count). The van der Waals surface area contributed by atoms with Gasteiger partial charge in [-0.2, -0.15) is 0 Å². The first-order valence-electron chi connectivity index (χ1n) is 5.29. The van der Waals surface area contributed by atoms with Crippen LogP contribution in [0.4, 0.5) is 0 Å². The van der Waals surface area contributed by atoms with Crippen molar-refractivity contribution in [2.45, 2.75) is 19.3 Å². The molecule has 1 aromatic carbocycles. The lowest BCUT2D eigenvalue weighted by atomic mass is 10.1. The molecule has 0 unspecified atom stereocenters. The Hall–Kier alpha value is -1.42. The Morgan fingerprint density at radius 3 is 3.00 bits per heavy atom. The van der Waals surface area contributed by atoms with Crippen LogP contribution < -0.4 is 5.73 Å². The zero-order valence-electron chi connectivity index (χ0n) is 8.98. The second-order valence-corrected chi connectivity index (χ2v) is 3.78. The maximum absolute atomic E-state index is 5.47. The summed E-state index contributed by atoms with van der Waals surface area (Å²) < 4.78 is 1.81. The molecule has 0 aliphatic heterocycles. The summed E-state index contributed by atoms with van der Waals surface area (Å²) in [6, 6.07) is 6.31. The van der Waals surface area contributed by atoms with Gasteiger partial charge in [0.05, 0.1) is 5.52 Å². The number of fused-ring (bicyclic) bond motifs is 1. The molecule has 0 aliphatic carbocycles. The summed E-state index contributed by atoms with van der Waals surface area (Å²) in [6.45, 7) is 0.773. The van der Waals surface area contributed by atoms with Crippen molar-refractivity contribution < 1.29 is 0 Å². The number of rotatable bonds is 4. The summed E-state index contributed by atoms with van der Waals surface area (Å²) in [4.78, 5) is 0. The van der Waals surface area contributed by atoms with Crippen molar-refractivity contribution in [3.8, 4) is 0 Å². The van der Waals surface area contributed by atoms with Gasteiger partial charge in [0.1, 0.15) is 5.52 Å². The van der Waals surface area contributed by atoms with Gasteiger partial charge in [0, 0.05) is 7.05 Å². The number of hydrogen-bond acceptors (Lipinski definition) is 3. The van der Waals surface area contributed by atoms with Crippen LogP contribution in [0.1, 0.15) is 18.4 Å². The SMILES string of the molecule is Cn1nnc2ccc(CCCCN)cc21. The molecule has 15 heavy (non-hydrogen) atoms. The van der Waals surface area contributed by atoms with Crippen LogP contribution in [0.2, 0.25) is 0 Å². The van der Waals surface area contributed by atoms with Crippen LogP contribution in [0.15, 0.2) is 18.2 Å². The second kappa shape index (κ2) is 4.40. The molecule has 0 fully saturated rings. The van der Waals surface area contributed by atoms with E-state index in [0.29, 0.717) is 0 Å². The average Bonchev–Trinajstić information content (AvgIpc) is 2.61. The number of hydrogen-bond donors (Lipinski definition) is 1. The maximum Gasteiger partial charge on any atom is 0.113 e. The van der Waals surface area contributed by atoms with Crippen molar-refractivity contribution in [1.82, 2.24) is 15.0 Å². The minimum atomic E-state index is 0.773. The molecule has 1 aromatic heterocycles. The Labute approximate surface area is 89.1 Å². The van der Waals surface area contributed by atoms with Gasteiger partial charge >= 0.3 is 0 Å². The van der Waals surface area contributed by atoms with Crippen LogP contribution in [0.25, 0.3) is 11.0 Å². The minimum absolute atomic E-state index is 0.773. The molecule has 0 radical (unpaired) electrons. The molecule has 0 saturated heterocycles. The van der Waals surface area contributed by atoms with Crippen LogP contribution in [-0.2, 0) is 13.5 Å². The first-order valence-corrected chi connectivity index (χ1v) is 5.29. The minimum Gasteiger partial charge on any atom is -0.330 e. The van der Waals surface area contributed by atoms with E-state index in [-0.39, 0.29) is 0 Å². The van der Waals surface area contributed by atoms with Crippen LogP contribution in [0.3, 0.4) is 0 Å². The second-order valence-electron chi connectivity index (χ2n) is 3.78. The number of unbranched alkanes of at least 4 members (excludes halogenated alkanes) is 1. The van der Waals surface area contributed by atoms with Crippen LogP contribution in [0, 0.1) is 0 Å². The van der Waals surface area contributed by atoms with E-state index in [1.807, 2.05) is 17.8 Å². The van der Waals surface area contributed by atoms with Gasteiger partial charge in [-0.25, -0.2) is 4.68 Å². The van der Waals surface area contributed by atoms with Gasteiger partial charge in [0.15, 0.2) is 0 Å². The van der Waals surface area contributed by atoms with Gasteiger partial charge in [0.25, 0.3) is 0 Å². The molecule has 0 saturated carbocycles. The number of aryl methyl sites for hydroxylation is 2. The molecule has 0 aliphatic rings. The van der Waals surface area contributed by atoms with Crippen molar-refractivity contribution in [3.05, 3.63) is 23.8 Å². The van der Waals surface area contributed by atoms with E-state index in [2.05, 4.69) is 22.4 Å². The fourth-order valence-electron chi connectivity index (χ4n) is 1.71. The highest BCUT2D eigenvalue weighted by Gasteiger charge is 2.01. The van der Waals surface area contributed by atoms with Crippen molar-refractivity contribution in [1.29, 1.82) is 0 Å². The predicted molar refractivity (Wildman–Crippen MR) is 60.5 cm³/mol. The summed E-state index contributed by atoms with van der Waals surface area (Å²) in [5.41, 5.74) is 8.86. The van der Waals surface area contributed by atoms with Gasteiger partial charge in [-0.05, 0) is 43.5 Å². The molecule has 0 atom stereocenters. The van der Waals surface area contributed by atoms with E-state index >= 15 is 0 Å². The van der Waals surface area contributed by atoms with Gasteiger partial charge in [-0.15, -0.1) is 5.10 Å². The Bertz CT molecular complexity index is 447. The summed E-state index contributed by atoms with van der Waals surface area (Å²) in [5.74, 6) is 0. The molecule has 4 heteroatoms. The fraction of sp³-hybridized carbons (Fsp3) is 0.455. The molecule has 2 N–H and O–H groups in total. The molecule has 0 amide bonds. The van der Waals surface area contributed by atoms with Crippen LogP contribution in [0.5, 0.6) is 0 Å². The molecule has 4 nitrogen and oxygen atoms in total. The number of nitrogens with two attached hydrogens (primary N) is 1. The lowest BCUT2D eigenvalue weighted by Gasteiger charge is -2.00. The lowest BCUT2D eigenvalue weighted by Crippen LogP contribution is -1.99. The highest BCUT2D eigenvalue weighted by molar-refractivity contribution is 5.74. The fourth-order valence-corrected chi connectivity index (χ4v) is 1.71. The maximum atomic E-state index is 5.47. The van der Waals surface area contributed by atoms with Crippen molar-refractivity contribution >= 4 is 11.0 Å². The third kappa shape index (κ3) is 2.15. The average molecular weight is 204 g/mol. The molecule has 0 spiro atoms. The van der Waals surface area contributed by atoms with Gasteiger partial charge in [-0.1, -0.05) is 11.3 Å². The normalized spacial score (nSPS) is 11.1. The molecule has 0 bridgehead atoms. The standard InChI is InChI=1S/C11H16N4/c1-15-11-8-9(4-2-3-7-12)5-6-10(11)13-14-15/h5-6,8H,2-4,7,12H2,1H3. The zero-order valence-corrected chi connectivity index (χ0v) is 8.98. The third-order valence-corrected chi connectivity index (χ3v) is 2.59. The Morgan fingerprint density at radius 2 is 2.20 bits per heavy atom. The summed E-state index contributed by atoms with van der Waals surface area (Å²) >= 11 is 0. The van der Waals surface area contributed by atoms with E-state index < -0.39 is 0 Å².